The Balaban J connectivity index is 2.41. The molecule has 0 unspecified atom stereocenters. The summed E-state index contributed by atoms with van der Waals surface area (Å²) in [5.41, 5.74) is 1.80. The van der Waals surface area contributed by atoms with Gasteiger partial charge in [0.2, 0.25) is 0 Å². The molecule has 2 nitrogen and oxygen atoms in total. The Labute approximate surface area is 85.9 Å². The van der Waals surface area contributed by atoms with Crippen molar-refractivity contribution in [2.45, 2.75) is 6.42 Å². The molecule has 2 rings (SSSR count). The van der Waals surface area contributed by atoms with Crippen molar-refractivity contribution in [1.29, 1.82) is 0 Å². The first-order chi connectivity index (χ1) is 6.27. The molecule has 1 aliphatic heterocycles. The van der Waals surface area contributed by atoms with Crippen molar-refractivity contribution in [2.24, 2.45) is 10.2 Å². The molecule has 0 spiro atoms. The number of hydrogen-bond donors (Lipinski definition) is 0. The number of benzene rings is 1. The Morgan fingerprint density at radius 1 is 1.23 bits per heavy atom. The normalized spacial score (nSPS) is 14.8. The average Bonchev–Trinajstić information content (AvgIpc) is 2.56. The lowest BCUT2D eigenvalue weighted by Gasteiger charge is -2.02. The van der Waals surface area contributed by atoms with Crippen LogP contribution in [0.4, 0.5) is 0 Å². The zero-order chi connectivity index (χ0) is 9.26. The molecule has 66 valence electrons. The van der Waals surface area contributed by atoms with E-state index in [1.165, 1.54) is 0 Å². The molecule has 13 heavy (non-hydrogen) atoms. The molecule has 0 bridgehead atoms. The van der Waals surface area contributed by atoms with Crippen LogP contribution in [0.2, 0.25) is 10.0 Å². The van der Waals surface area contributed by atoms with Crippen LogP contribution in [-0.4, -0.2) is 11.9 Å². The highest BCUT2D eigenvalue weighted by molar-refractivity contribution is 6.37. The van der Waals surface area contributed by atoms with E-state index in [-0.39, 0.29) is 0 Å². The van der Waals surface area contributed by atoms with Crippen molar-refractivity contribution >= 4 is 35.1 Å². The quantitative estimate of drug-likeness (QED) is 0.684. The van der Waals surface area contributed by atoms with E-state index < -0.39 is 0 Å². The van der Waals surface area contributed by atoms with Gasteiger partial charge in [-0.05, 0) is 12.1 Å². The van der Waals surface area contributed by atoms with Crippen molar-refractivity contribution in [3.8, 4) is 0 Å². The molecule has 1 aromatic rings. The summed E-state index contributed by atoms with van der Waals surface area (Å²) in [6.45, 7) is 0. The summed E-state index contributed by atoms with van der Waals surface area (Å²) >= 11 is 11.8. The predicted molar refractivity (Wildman–Crippen MR) is 56.1 cm³/mol. The SMILES string of the molecule is Clc1ccc(C2=NN=CC2)c(Cl)c1. The lowest BCUT2D eigenvalue weighted by atomic mass is 10.1. The Bertz CT molecular complexity index is 397. The second-order valence-corrected chi connectivity index (χ2v) is 3.52. The summed E-state index contributed by atoms with van der Waals surface area (Å²) in [4.78, 5) is 0. The van der Waals surface area contributed by atoms with Gasteiger partial charge in [-0.3, -0.25) is 0 Å². The van der Waals surface area contributed by atoms with Gasteiger partial charge in [-0.25, -0.2) is 0 Å². The van der Waals surface area contributed by atoms with E-state index in [2.05, 4.69) is 10.2 Å². The number of rotatable bonds is 1. The maximum absolute atomic E-state index is 5.99. The fourth-order valence-corrected chi connectivity index (χ4v) is 1.68. The highest BCUT2D eigenvalue weighted by Gasteiger charge is 2.10. The number of hydrogen-bond acceptors (Lipinski definition) is 2. The Morgan fingerprint density at radius 3 is 2.69 bits per heavy atom. The summed E-state index contributed by atoms with van der Waals surface area (Å²) in [6.07, 6.45) is 2.49. The summed E-state index contributed by atoms with van der Waals surface area (Å²) in [7, 11) is 0. The molecule has 0 aromatic heterocycles. The van der Waals surface area contributed by atoms with Crippen molar-refractivity contribution in [2.75, 3.05) is 0 Å². The molecule has 0 amide bonds. The third-order valence-electron chi connectivity index (χ3n) is 1.79. The van der Waals surface area contributed by atoms with Crippen molar-refractivity contribution in [3.63, 3.8) is 0 Å². The van der Waals surface area contributed by atoms with Gasteiger partial charge in [-0.2, -0.15) is 10.2 Å². The first kappa shape index (κ1) is 8.73. The van der Waals surface area contributed by atoms with E-state index in [1.807, 2.05) is 6.07 Å². The van der Waals surface area contributed by atoms with Gasteiger partial charge in [0.25, 0.3) is 0 Å². The maximum Gasteiger partial charge on any atom is 0.0771 e. The van der Waals surface area contributed by atoms with Crippen LogP contribution in [0.5, 0.6) is 0 Å². The van der Waals surface area contributed by atoms with E-state index in [1.54, 1.807) is 18.3 Å². The Hall–Kier alpha value is -0.860. The molecule has 1 aromatic carbocycles. The molecule has 4 heteroatoms. The Morgan fingerprint density at radius 2 is 2.08 bits per heavy atom. The van der Waals surface area contributed by atoms with Gasteiger partial charge in [0.15, 0.2) is 0 Å². The highest BCUT2D eigenvalue weighted by Crippen LogP contribution is 2.23. The molecular formula is C9H6Cl2N2. The van der Waals surface area contributed by atoms with Crippen LogP contribution in [0.3, 0.4) is 0 Å². The van der Waals surface area contributed by atoms with Gasteiger partial charge in [0.05, 0.1) is 10.7 Å². The zero-order valence-corrected chi connectivity index (χ0v) is 8.18. The van der Waals surface area contributed by atoms with E-state index in [9.17, 15) is 0 Å². The summed E-state index contributed by atoms with van der Waals surface area (Å²) in [6, 6.07) is 5.36. The lowest BCUT2D eigenvalue weighted by molar-refractivity contribution is 1.28. The number of halogens is 2. The van der Waals surface area contributed by atoms with Gasteiger partial charge in [-0.15, -0.1) is 0 Å². The minimum atomic E-state index is 0.622. The monoisotopic (exact) mass is 212 g/mol. The minimum Gasteiger partial charge on any atom is -0.163 e. The fourth-order valence-electron chi connectivity index (χ4n) is 1.17. The van der Waals surface area contributed by atoms with E-state index in [0.29, 0.717) is 10.0 Å². The largest absolute Gasteiger partial charge is 0.163 e. The zero-order valence-electron chi connectivity index (χ0n) is 6.67. The van der Waals surface area contributed by atoms with Crippen LogP contribution < -0.4 is 0 Å². The third kappa shape index (κ3) is 1.74. The molecule has 1 heterocycles. The second kappa shape index (κ2) is 3.48. The van der Waals surface area contributed by atoms with Crippen molar-refractivity contribution in [3.05, 3.63) is 33.8 Å². The maximum atomic E-state index is 5.99. The third-order valence-corrected chi connectivity index (χ3v) is 2.33. The lowest BCUT2D eigenvalue weighted by Crippen LogP contribution is -1.98. The molecule has 0 fully saturated rings. The standard InChI is InChI=1S/C9H6Cl2N2/c10-6-1-2-7(8(11)5-6)9-3-4-12-13-9/h1-2,4-5H,3H2. The van der Waals surface area contributed by atoms with Gasteiger partial charge in [0, 0.05) is 23.2 Å². The van der Waals surface area contributed by atoms with Crippen LogP contribution in [0.25, 0.3) is 0 Å². The molecular weight excluding hydrogens is 207 g/mol. The Kier molecular flexibility index (Phi) is 2.34. The van der Waals surface area contributed by atoms with E-state index in [0.717, 1.165) is 17.7 Å². The first-order valence-electron chi connectivity index (χ1n) is 3.81. The van der Waals surface area contributed by atoms with Crippen LogP contribution in [0.15, 0.2) is 28.4 Å². The van der Waals surface area contributed by atoms with Crippen LogP contribution >= 0.6 is 23.2 Å². The highest BCUT2D eigenvalue weighted by atomic mass is 35.5. The van der Waals surface area contributed by atoms with Gasteiger partial charge < -0.3 is 0 Å². The topological polar surface area (TPSA) is 24.7 Å². The van der Waals surface area contributed by atoms with Crippen LogP contribution in [-0.2, 0) is 0 Å². The van der Waals surface area contributed by atoms with Crippen LogP contribution in [0.1, 0.15) is 12.0 Å². The average molecular weight is 213 g/mol. The van der Waals surface area contributed by atoms with Crippen molar-refractivity contribution < 1.29 is 0 Å². The van der Waals surface area contributed by atoms with Gasteiger partial charge >= 0.3 is 0 Å². The van der Waals surface area contributed by atoms with Crippen LogP contribution in [0, 0.1) is 0 Å². The summed E-state index contributed by atoms with van der Waals surface area (Å²) < 4.78 is 0. The fraction of sp³-hybridized carbons (Fsp3) is 0.111. The summed E-state index contributed by atoms with van der Waals surface area (Å²) in [5, 5.41) is 8.99. The minimum absolute atomic E-state index is 0.622. The van der Waals surface area contributed by atoms with E-state index in [4.69, 9.17) is 23.2 Å². The summed E-state index contributed by atoms with van der Waals surface area (Å²) in [5.74, 6) is 0. The van der Waals surface area contributed by atoms with Gasteiger partial charge in [-0.1, -0.05) is 29.3 Å². The smallest absolute Gasteiger partial charge is 0.0771 e. The number of nitrogens with zero attached hydrogens (tertiary/aromatic N) is 2. The van der Waals surface area contributed by atoms with E-state index >= 15 is 0 Å². The molecule has 0 saturated heterocycles. The van der Waals surface area contributed by atoms with Crippen molar-refractivity contribution in [1.82, 2.24) is 0 Å². The van der Waals surface area contributed by atoms with Gasteiger partial charge in [0.1, 0.15) is 0 Å². The molecule has 0 N–H and O–H groups in total. The molecule has 1 aliphatic rings. The molecule has 0 aliphatic carbocycles. The predicted octanol–water partition coefficient (Wildman–Crippen LogP) is 3.17. The first-order valence-corrected chi connectivity index (χ1v) is 4.57. The molecule has 0 saturated carbocycles. The molecule has 0 radical (unpaired) electrons. The molecule has 0 atom stereocenters. The second-order valence-electron chi connectivity index (χ2n) is 2.67.